The van der Waals surface area contributed by atoms with Crippen LogP contribution in [0, 0.1) is 19.8 Å². The van der Waals surface area contributed by atoms with Gasteiger partial charge in [0.15, 0.2) is 0 Å². The van der Waals surface area contributed by atoms with Gasteiger partial charge < -0.3 is 5.73 Å². The first kappa shape index (κ1) is 15.2. The smallest absolute Gasteiger partial charge is 0.233 e. The molecule has 1 aliphatic carbocycles. The molecule has 0 saturated heterocycles. The number of hydrogen-bond acceptors (Lipinski definition) is 3. The molecule has 20 heavy (non-hydrogen) atoms. The topological polar surface area (TPSA) is 72.2 Å². The van der Waals surface area contributed by atoms with Crippen LogP contribution in [0.5, 0.6) is 0 Å². The zero-order chi connectivity index (χ0) is 14.8. The number of benzene rings is 1. The van der Waals surface area contributed by atoms with E-state index in [1.165, 1.54) is 6.42 Å². The normalized spacial score (nSPS) is 17.1. The van der Waals surface area contributed by atoms with E-state index >= 15 is 0 Å². The Morgan fingerprint density at radius 3 is 2.40 bits per heavy atom. The molecule has 112 valence electrons. The van der Waals surface area contributed by atoms with Crippen LogP contribution >= 0.6 is 0 Å². The summed E-state index contributed by atoms with van der Waals surface area (Å²) in [5, 5.41) is 0. The molecule has 2 rings (SSSR count). The molecular formula is C15H24N2O2S. The molecule has 0 amide bonds. The fourth-order valence-corrected chi connectivity index (χ4v) is 4.35. The largest absolute Gasteiger partial charge is 0.397 e. The number of rotatable bonds is 4. The van der Waals surface area contributed by atoms with Crippen LogP contribution in [0.4, 0.5) is 11.4 Å². The molecule has 0 aliphatic heterocycles. The van der Waals surface area contributed by atoms with E-state index in [1.807, 2.05) is 26.0 Å². The first-order valence-electron chi connectivity index (χ1n) is 7.24. The molecule has 4 nitrogen and oxygen atoms in total. The van der Waals surface area contributed by atoms with E-state index in [9.17, 15) is 8.42 Å². The van der Waals surface area contributed by atoms with Crippen LogP contribution < -0.4 is 10.5 Å². The maximum atomic E-state index is 12.2. The van der Waals surface area contributed by atoms with E-state index in [0.29, 0.717) is 11.4 Å². The summed E-state index contributed by atoms with van der Waals surface area (Å²) < 4.78 is 27.1. The standard InChI is InChI=1S/C15H24N2O2S/c1-11-8-14(16)15(9-12(11)2)17-20(18,19)10-13-6-4-3-5-7-13/h8-9,13,17H,3-7,10,16H2,1-2H3. The van der Waals surface area contributed by atoms with Crippen molar-refractivity contribution in [3.63, 3.8) is 0 Å². The monoisotopic (exact) mass is 296 g/mol. The van der Waals surface area contributed by atoms with Crippen molar-refractivity contribution in [3.05, 3.63) is 23.3 Å². The Bertz CT molecular complexity index is 576. The highest BCUT2D eigenvalue weighted by molar-refractivity contribution is 7.92. The summed E-state index contributed by atoms with van der Waals surface area (Å²) in [6, 6.07) is 3.62. The molecule has 0 unspecified atom stereocenters. The van der Waals surface area contributed by atoms with Gasteiger partial charge in [-0.05, 0) is 55.9 Å². The highest BCUT2D eigenvalue weighted by Crippen LogP contribution is 2.27. The first-order valence-corrected chi connectivity index (χ1v) is 8.90. The minimum Gasteiger partial charge on any atom is -0.397 e. The average molecular weight is 296 g/mol. The fourth-order valence-electron chi connectivity index (χ4n) is 2.80. The third-order valence-electron chi connectivity index (χ3n) is 4.11. The van der Waals surface area contributed by atoms with E-state index in [-0.39, 0.29) is 11.7 Å². The minimum atomic E-state index is -3.32. The van der Waals surface area contributed by atoms with E-state index in [0.717, 1.165) is 36.8 Å². The van der Waals surface area contributed by atoms with Gasteiger partial charge in [0.1, 0.15) is 0 Å². The number of nitrogens with one attached hydrogen (secondary N) is 1. The lowest BCUT2D eigenvalue weighted by Gasteiger charge is -2.22. The lowest BCUT2D eigenvalue weighted by molar-refractivity contribution is 0.385. The van der Waals surface area contributed by atoms with Gasteiger partial charge in [0.2, 0.25) is 10.0 Å². The summed E-state index contributed by atoms with van der Waals surface area (Å²) in [5.74, 6) is 0.494. The van der Waals surface area contributed by atoms with Crippen molar-refractivity contribution in [2.45, 2.75) is 46.0 Å². The predicted molar refractivity (Wildman–Crippen MR) is 84.3 cm³/mol. The van der Waals surface area contributed by atoms with E-state index in [4.69, 9.17) is 5.73 Å². The van der Waals surface area contributed by atoms with Gasteiger partial charge >= 0.3 is 0 Å². The SMILES string of the molecule is Cc1cc(N)c(NS(=O)(=O)CC2CCCCC2)cc1C. The van der Waals surface area contributed by atoms with Gasteiger partial charge in [-0.1, -0.05) is 19.3 Å². The predicted octanol–water partition coefficient (Wildman–Crippen LogP) is 3.21. The number of nitrogens with two attached hydrogens (primary N) is 1. The van der Waals surface area contributed by atoms with Gasteiger partial charge in [0, 0.05) is 0 Å². The van der Waals surface area contributed by atoms with Crippen LogP contribution in [0.25, 0.3) is 0 Å². The molecule has 1 saturated carbocycles. The Morgan fingerprint density at radius 2 is 1.75 bits per heavy atom. The molecule has 3 N–H and O–H groups in total. The Labute approximate surface area is 121 Å². The number of anilines is 2. The van der Waals surface area contributed by atoms with Crippen LogP contribution in [0.15, 0.2) is 12.1 Å². The number of aryl methyl sites for hydroxylation is 2. The summed E-state index contributed by atoms with van der Waals surface area (Å²) in [6.07, 6.45) is 5.55. The van der Waals surface area contributed by atoms with Crippen LogP contribution in [-0.4, -0.2) is 14.2 Å². The Morgan fingerprint density at radius 1 is 1.15 bits per heavy atom. The molecule has 5 heteroatoms. The number of hydrogen-bond donors (Lipinski definition) is 2. The van der Waals surface area contributed by atoms with Crippen LogP contribution in [0.1, 0.15) is 43.2 Å². The summed E-state index contributed by atoms with van der Waals surface area (Å²) in [6.45, 7) is 3.92. The van der Waals surface area contributed by atoms with Crippen LogP contribution in [-0.2, 0) is 10.0 Å². The van der Waals surface area contributed by atoms with E-state index in [1.54, 1.807) is 0 Å². The van der Waals surface area contributed by atoms with Crippen molar-refractivity contribution in [3.8, 4) is 0 Å². The van der Waals surface area contributed by atoms with Gasteiger partial charge in [0.25, 0.3) is 0 Å². The molecule has 0 atom stereocenters. The van der Waals surface area contributed by atoms with Crippen LogP contribution in [0.2, 0.25) is 0 Å². The molecule has 1 fully saturated rings. The Balaban J connectivity index is 2.09. The molecule has 0 radical (unpaired) electrons. The van der Waals surface area contributed by atoms with Gasteiger partial charge in [0.05, 0.1) is 17.1 Å². The molecule has 0 bridgehead atoms. The highest BCUT2D eigenvalue weighted by Gasteiger charge is 2.22. The molecule has 0 heterocycles. The van der Waals surface area contributed by atoms with Gasteiger partial charge in [-0.25, -0.2) is 8.42 Å². The quantitative estimate of drug-likeness (QED) is 0.838. The summed E-state index contributed by atoms with van der Waals surface area (Å²) in [5.41, 5.74) is 9.00. The van der Waals surface area contributed by atoms with Crippen molar-refractivity contribution in [2.75, 3.05) is 16.2 Å². The molecule has 1 aliphatic rings. The second-order valence-corrected chi connectivity index (χ2v) is 7.68. The van der Waals surface area contributed by atoms with E-state index < -0.39 is 10.0 Å². The second kappa shape index (κ2) is 6.04. The van der Waals surface area contributed by atoms with Crippen molar-refractivity contribution >= 4 is 21.4 Å². The lowest BCUT2D eigenvalue weighted by atomic mass is 9.91. The maximum Gasteiger partial charge on any atom is 0.233 e. The second-order valence-electron chi connectivity index (χ2n) is 5.91. The molecular weight excluding hydrogens is 272 g/mol. The zero-order valence-electron chi connectivity index (χ0n) is 12.3. The number of nitrogen functional groups attached to an aromatic ring is 1. The van der Waals surface area contributed by atoms with Crippen molar-refractivity contribution in [1.29, 1.82) is 0 Å². The van der Waals surface area contributed by atoms with Crippen LogP contribution in [0.3, 0.4) is 0 Å². The maximum absolute atomic E-state index is 12.2. The Kier molecular flexibility index (Phi) is 4.58. The molecule has 0 aromatic heterocycles. The summed E-state index contributed by atoms with van der Waals surface area (Å²) in [7, 11) is -3.32. The van der Waals surface area contributed by atoms with Gasteiger partial charge in [-0.3, -0.25) is 4.72 Å². The van der Waals surface area contributed by atoms with Crippen molar-refractivity contribution in [1.82, 2.24) is 0 Å². The fraction of sp³-hybridized carbons (Fsp3) is 0.600. The highest BCUT2D eigenvalue weighted by atomic mass is 32.2. The third kappa shape index (κ3) is 3.88. The minimum absolute atomic E-state index is 0.208. The molecule has 1 aromatic carbocycles. The number of sulfonamides is 1. The lowest BCUT2D eigenvalue weighted by Crippen LogP contribution is -2.24. The van der Waals surface area contributed by atoms with Crippen molar-refractivity contribution < 1.29 is 8.42 Å². The first-order chi connectivity index (χ1) is 9.37. The summed E-state index contributed by atoms with van der Waals surface area (Å²) >= 11 is 0. The molecule has 0 spiro atoms. The Hall–Kier alpha value is -1.23. The summed E-state index contributed by atoms with van der Waals surface area (Å²) in [4.78, 5) is 0. The molecule has 1 aromatic rings. The van der Waals surface area contributed by atoms with Gasteiger partial charge in [-0.2, -0.15) is 0 Å². The van der Waals surface area contributed by atoms with Gasteiger partial charge in [-0.15, -0.1) is 0 Å². The van der Waals surface area contributed by atoms with E-state index in [2.05, 4.69) is 4.72 Å². The third-order valence-corrected chi connectivity index (χ3v) is 5.55. The average Bonchev–Trinajstić information content (AvgIpc) is 2.36. The van der Waals surface area contributed by atoms with Crippen molar-refractivity contribution in [2.24, 2.45) is 5.92 Å². The zero-order valence-corrected chi connectivity index (χ0v) is 13.1.